The molecule has 0 aliphatic heterocycles. The molecule has 2 aromatic carbocycles. The summed E-state index contributed by atoms with van der Waals surface area (Å²) in [6.07, 6.45) is 0. The zero-order chi connectivity index (χ0) is 17.3. The van der Waals surface area contributed by atoms with E-state index in [-0.39, 0.29) is 5.56 Å². The van der Waals surface area contributed by atoms with Crippen LogP contribution in [-0.4, -0.2) is 16.1 Å². The Labute approximate surface area is 152 Å². The van der Waals surface area contributed by atoms with E-state index in [9.17, 15) is 4.79 Å². The van der Waals surface area contributed by atoms with Gasteiger partial charge in [-0.25, -0.2) is 9.78 Å². The highest BCUT2D eigenvalue weighted by atomic mass is 35.5. The molecule has 24 heavy (non-hydrogen) atoms. The molecule has 0 saturated heterocycles. The molecule has 3 rings (SSSR count). The summed E-state index contributed by atoms with van der Waals surface area (Å²) in [6, 6.07) is 11.9. The van der Waals surface area contributed by atoms with Gasteiger partial charge >= 0.3 is 5.97 Å². The van der Waals surface area contributed by atoms with Crippen molar-refractivity contribution in [1.82, 2.24) is 4.98 Å². The summed E-state index contributed by atoms with van der Waals surface area (Å²) in [5.74, 6) is -0.950. The fraction of sp³-hybridized carbons (Fsp3) is 0.0588. The number of carbonyl (C=O) groups is 1. The molecule has 0 atom stereocenters. The van der Waals surface area contributed by atoms with Gasteiger partial charge in [0.05, 0.1) is 21.3 Å². The van der Waals surface area contributed by atoms with Crippen molar-refractivity contribution in [1.29, 1.82) is 0 Å². The van der Waals surface area contributed by atoms with E-state index in [2.05, 4.69) is 10.3 Å². The number of aromatic nitrogens is 1. The van der Waals surface area contributed by atoms with E-state index in [4.69, 9.17) is 28.3 Å². The lowest BCUT2D eigenvalue weighted by Gasteiger charge is -2.03. The number of halogens is 2. The van der Waals surface area contributed by atoms with Gasteiger partial charge in [0.15, 0.2) is 5.13 Å². The first-order valence-corrected chi connectivity index (χ1v) is 8.54. The highest BCUT2D eigenvalue weighted by Crippen LogP contribution is 2.34. The van der Waals surface area contributed by atoms with Gasteiger partial charge in [-0.3, -0.25) is 0 Å². The minimum atomic E-state index is -0.950. The number of rotatable bonds is 4. The number of thiazole rings is 1. The van der Waals surface area contributed by atoms with E-state index in [0.29, 0.717) is 10.0 Å². The molecular formula is C17H12Cl2N2O2S. The van der Waals surface area contributed by atoms with Gasteiger partial charge in [-0.2, -0.15) is 0 Å². The maximum atomic E-state index is 10.9. The summed E-state index contributed by atoms with van der Waals surface area (Å²) in [7, 11) is 0. The molecule has 0 amide bonds. The first-order chi connectivity index (χ1) is 11.4. The molecule has 0 unspecified atom stereocenters. The Morgan fingerprint density at radius 3 is 2.46 bits per heavy atom. The van der Waals surface area contributed by atoms with E-state index >= 15 is 0 Å². The number of carboxylic acid groups (broad SMARTS) is 1. The monoisotopic (exact) mass is 378 g/mol. The second-order valence-electron chi connectivity index (χ2n) is 5.06. The molecule has 1 heterocycles. The standard InChI is InChI=1S/C17H12Cl2N2O2S/c1-9-15(11-4-7-13(18)14(19)8-11)21-17(24-9)20-12-5-2-10(3-6-12)16(22)23/h2-8H,1H3,(H,20,21)(H,22,23). The summed E-state index contributed by atoms with van der Waals surface area (Å²) >= 11 is 13.5. The summed E-state index contributed by atoms with van der Waals surface area (Å²) in [5, 5.41) is 13.8. The largest absolute Gasteiger partial charge is 0.478 e. The van der Waals surface area contributed by atoms with E-state index < -0.39 is 5.97 Å². The third-order valence-electron chi connectivity index (χ3n) is 3.37. The lowest BCUT2D eigenvalue weighted by atomic mass is 10.1. The van der Waals surface area contributed by atoms with Crippen molar-refractivity contribution >= 4 is 51.3 Å². The van der Waals surface area contributed by atoms with Crippen LogP contribution in [0.5, 0.6) is 0 Å². The second-order valence-corrected chi connectivity index (χ2v) is 7.08. The van der Waals surface area contributed by atoms with Crippen molar-refractivity contribution in [2.75, 3.05) is 5.32 Å². The molecule has 0 radical (unpaired) electrons. The van der Waals surface area contributed by atoms with Gasteiger partial charge in [-0.05, 0) is 43.3 Å². The van der Waals surface area contributed by atoms with Crippen LogP contribution in [0.25, 0.3) is 11.3 Å². The lowest BCUT2D eigenvalue weighted by molar-refractivity contribution is 0.0697. The van der Waals surface area contributed by atoms with Crippen LogP contribution in [0, 0.1) is 6.92 Å². The molecule has 2 N–H and O–H groups in total. The van der Waals surface area contributed by atoms with Gasteiger partial charge in [0.2, 0.25) is 0 Å². The van der Waals surface area contributed by atoms with Gasteiger partial charge < -0.3 is 10.4 Å². The third kappa shape index (κ3) is 3.53. The highest BCUT2D eigenvalue weighted by molar-refractivity contribution is 7.16. The number of aryl methyl sites for hydroxylation is 1. The van der Waals surface area contributed by atoms with Crippen molar-refractivity contribution in [2.45, 2.75) is 6.92 Å². The van der Waals surface area contributed by atoms with Crippen molar-refractivity contribution < 1.29 is 9.90 Å². The topological polar surface area (TPSA) is 62.2 Å². The normalized spacial score (nSPS) is 10.6. The number of carboxylic acids is 1. The molecule has 1 aromatic heterocycles. The molecule has 0 aliphatic rings. The minimum absolute atomic E-state index is 0.243. The van der Waals surface area contributed by atoms with Crippen LogP contribution in [0.4, 0.5) is 10.8 Å². The van der Waals surface area contributed by atoms with Gasteiger partial charge in [0.1, 0.15) is 0 Å². The molecule has 0 spiro atoms. The SMILES string of the molecule is Cc1sc(Nc2ccc(C(=O)O)cc2)nc1-c1ccc(Cl)c(Cl)c1. The molecule has 122 valence electrons. The molecule has 0 fully saturated rings. The number of hydrogen-bond donors (Lipinski definition) is 2. The second kappa shape index (κ2) is 6.81. The number of anilines is 2. The van der Waals surface area contributed by atoms with E-state index in [1.807, 2.05) is 13.0 Å². The Morgan fingerprint density at radius 2 is 1.83 bits per heavy atom. The fourth-order valence-electron chi connectivity index (χ4n) is 2.18. The molecule has 0 saturated carbocycles. The molecule has 3 aromatic rings. The summed E-state index contributed by atoms with van der Waals surface area (Å²) < 4.78 is 0. The zero-order valence-corrected chi connectivity index (χ0v) is 14.8. The van der Waals surface area contributed by atoms with Crippen LogP contribution in [0.15, 0.2) is 42.5 Å². The maximum absolute atomic E-state index is 10.9. The highest BCUT2D eigenvalue weighted by Gasteiger charge is 2.12. The quantitative estimate of drug-likeness (QED) is 0.595. The van der Waals surface area contributed by atoms with Gasteiger partial charge in [0.25, 0.3) is 0 Å². The molecule has 4 nitrogen and oxygen atoms in total. The van der Waals surface area contributed by atoms with Crippen molar-refractivity contribution in [3.8, 4) is 11.3 Å². The van der Waals surface area contributed by atoms with Crippen LogP contribution >= 0.6 is 34.5 Å². The first kappa shape index (κ1) is 16.8. The smallest absolute Gasteiger partial charge is 0.335 e. The third-order valence-corrected chi connectivity index (χ3v) is 5.00. The number of benzene rings is 2. The Hall–Kier alpha value is -2.08. The predicted octanol–water partition coefficient (Wildman–Crippen LogP) is 5.87. The van der Waals surface area contributed by atoms with Gasteiger partial charge in [0, 0.05) is 16.1 Å². The predicted molar refractivity (Wildman–Crippen MR) is 99.0 cm³/mol. The molecule has 0 aliphatic carbocycles. The van der Waals surface area contributed by atoms with Crippen LogP contribution < -0.4 is 5.32 Å². The lowest BCUT2D eigenvalue weighted by Crippen LogP contribution is -1.96. The molecule has 7 heteroatoms. The zero-order valence-electron chi connectivity index (χ0n) is 12.5. The minimum Gasteiger partial charge on any atom is -0.478 e. The first-order valence-electron chi connectivity index (χ1n) is 6.97. The van der Waals surface area contributed by atoms with Crippen molar-refractivity contribution in [3.63, 3.8) is 0 Å². The Kier molecular flexibility index (Phi) is 4.76. The number of hydrogen-bond acceptors (Lipinski definition) is 4. The average molecular weight is 379 g/mol. The Morgan fingerprint density at radius 1 is 1.12 bits per heavy atom. The summed E-state index contributed by atoms with van der Waals surface area (Å²) in [4.78, 5) is 16.5. The summed E-state index contributed by atoms with van der Waals surface area (Å²) in [6.45, 7) is 1.98. The average Bonchev–Trinajstić information content (AvgIpc) is 2.91. The van der Waals surface area contributed by atoms with Crippen LogP contribution in [0.1, 0.15) is 15.2 Å². The maximum Gasteiger partial charge on any atom is 0.335 e. The van der Waals surface area contributed by atoms with E-state index in [1.54, 1.807) is 36.4 Å². The number of aromatic carboxylic acids is 1. The van der Waals surface area contributed by atoms with E-state index in [0.717, 1.165) is 27.0 Å². The Bertz CT molecular complexity index is 907. The summed E-state index contributed by atoms with van der Waals surface area (Å²) in [5.41, 5.74) is 2.75. The van der Waals surface area contributed by atoms with E-state index in [1.165, 1.54) is 11.3 Å². The van der Waals surface area contributed by atoms with Crippen molar-refractivity contribution in [3.05, 3.63) is 63.0 Å². The fourth-order valence-corrected chi connectivity index (χ4v) is 3.33. The number of nitrogens with zero attached hydrogens (tertiary/aromatic N) is 1. The van der Waals surface area contributed by atoms with Gasteiger partial charge in [-0.15, -0.1) is 11.3 Å². The van der Waals surface area contributed by atoms with Gasteiger partial charge in [-0.1, -0.05) is 29.3 Å². The van der Waals surface area contributed by atoms with Crippen LogP contribution in [0.3, 0.4) is 0 Å². The molecule has 0 bridgehead atoms. The number of nitrogens with one attached hydrogen (secondary N) is 1. The van der Waals surface area contributed by atoms with Crippen molar-refractivity contribution in [2.24, 2.45) is 0 Å². The van der Waals surface area contributed by atoms with Crippen LogP contribution in [-0.2, 0) is 0 Å². The molecular weight excluding hydrogens is 367 g/mol. The van der Waals surface area contributed by atoms with Crippen LogP contribution in [0.2, 0.25) is 10.0 Å². The Balaban J connectivity index is 1.85.